The molecule has 1 aromatic rings. The van der Waals surface area contributed by atoms with E-state index >= 15 is 0 Å². The molecule has 0 aliphatic heterocycles. The number of halogens is 1. The number of aryl methyl sites for hydroxylation is 1. The predicted octanol–water partition coefficient (Wildman–Crippen LogP) is 2.76. The van der Waals surface area contributed by atoms with Gasteiger partial charge in [0.05, 0.1) is 5.56 Å². The van der Waals surface area contributed by atoms with Crippen LogP contribution >= 0.6 is 11.6 Å². The maximum atomic E-state index is 12.1. The van der Waals surface area contributed by atoms with E-state index in [9.17, 15) is 4.79 Å². The van der Waals surface area contributed by atoms with Gasteiger partial charge in [-0.3, -0.25) is 4.79 Å². The Morgan fingerprint density at radius 2 is 2.18 bits per heavy atom. The van der Waals surface area contributed by atoms with Crippen LogP contribution in [0, 0.1) is 12.8 Å². The van der Waals surface area contributed by atoms with Gasteiger partial charge in [-0.1, -0.05) is 11.6 Å². The SMILES string of the molecule is Cc1cc(Cl)cc(C(=O)NC(C)C2CC2)c1N. The van der Waals surface area contributed by atoms with Crippen LogP contribution in [-0.2, 0) is 0 Å². The number of amides is 1. The van der Waals surface area contributed by atoms with Crippen LogP contribution in [0.3, 0.4) is 0 Å². The summed E-state index contributed by atoms with van der Waals surface area (Å²) in [6, 6.07) is 3.60. The van der Waals surface area contributed by atoms with E-state index in [4.69, 9.17) is 17.3 Å². The summed E-state index contributed by atoms with van der Waals surface area (Å²) in [5, 5.41) is 3.52. The minimum atomic E-state index is -0.132. The summed E-state index contributed by atoms with van der Waals surface area (Å²) < 4.78 is 0. The molecule has 2 rings (SSSR count). The molecule has 1 amide bonds. The Hall–Kier alpha value is -1.22. The molecule has 1 saturated carbocycles. The average Bonchev–Trinajstić information content (AvgIpc) is 3.06. The molecule has 0 spiro atoms. The molecule has 3 nitrogen and oxygen atoms in total. The smallest absolute Gasteiger partial charge is 0.253 e. The molecule has 1 atom stereocenters. The minimum Gasteiger partial charge on any atom is -0.398 e. The van der Waals surface area contributed by atoms with Gasteiger partial charge in [-0.05, 0) is 50.3 Å². The van der Waals surface area contributed by atoms with Crippen molar-refractivity contribution in [1.82, 2.24) is 5.32 Å². The quantitative estimate of drug-likeness (QED) is 0.813. The van der Waals surface area contributed by atoms with Crippen LogP contribution in [0.25, 0.3) is 0 Å². The number of carbonyl (C=O) groups excluding carboxylic acids is 1. The highest BCUT2D eigenvalue weighted by atomic mass is 35.5. The summed E-state index contributed by atoms with van der Waals surface area (Å²) in [5.74, 6) is 0.493. The molecule has 0 bridgehead atoms. The first-order valence-electron chi connectivity index (χ1n) is 5.85. The number of carbonyl (C=O) groups is 1. The lowest BCUT2D eigenvalue weighted by molar-refractivity contribution is 0.0936. The first-order valence-corrected chi connectivity index (χ1v) is 6.23. The summed E-state index contributed by atoms with van der Waals surface area (Å²) in [7, 11) is 0. The zero-order chi connectivity index (χ0) is 12.6. The Bertz CT molecular complexity index is 455. The van der Waals surface area contributed by atoms with Gasteiger partial charge >= 0.3 is 0 Å². The molecule has 4 heteroatoms. The minimum absolute atomic E-state index is 0.132. The average molecular weight is 253 g/mol. The van der Waals surface area contributed by atoms with E-state index in [2.05, 4.69) is 5.32 Å². The van der Waals surface area contributed by atoms with Crippen LogP contribution in [0.5, 0.6) is 0 Å². The number of nitrogens with two attached hydrogens (primary N) is 1. The highest BCUT2D eigenvalue weighted by Gasteiger charge is 2.29. The Kier molecular flexibility index (Phi) is 3.29. The summed E-state index contributed by atoms with van der Waals surface area (Å²) in [5.41, 5.74) is 7.72. The molecule has 0 aromatic heterocycles. The Labute approximate surface area is 106 Å². The molecule has 17 heavy (non-hydrogen) atoms. The zero-order valence-corrected chi connectivity index (χ0v) is 10.8. The first-order chi connectivity index (χ1) is 7.99. The molecule has 3 N–H and O–H groups in total. The number of hydrogen-bond acceptors (Lipinski definition) is 2. The Balaban J connectivity index is 2.17. The molecule has 1 fully saturated rings. The van der Waals surface area contributed by atoms with Crippen LogP contribution in [0.2, 0.25) is 5.02 Å². The van der Waals surface area contributed by atoms with Crippen LogP contribution in [0.15, 0.2) is 12.1 Å². The van der Waals surface area contributed by atoms with Crippen molar-refractivity contribution in [3.63, 3.8) is 0 Å². The van der Waals surface area contributed by atoms with E-state index in [0.717, 1.165) is 5.56 Å². The standard InChI is InChI=1S/C13H17ClN2O/c1-7-5-10(14)6-11(12(7)15)13(17)16-8(2)9-3-4-9/h5-6,8-9H,3-4,15H2,1-2H3,(H,16,17). The molecule has 1 aliphatic rings. The monoisotopic (exact) mass is 252 g/mol. The maximum Gasteiger partial charge on any atom is 0.253 e. The molecule has 1 aliphatic carbocycles. The van der Waals surface area contributed by atoms with Crippen molar-refractivity contribution in [2.24, 2.45) is 5.92 Å². The number of nitrogens with one attached hydrogen (secondary N) is 1. The second-order valence-electron chi connectivity index (χ2n) is 4.78. The van der Waals surface area contributed by atoms with Crippen molar-refractivity contribution in [2.45, 2.75) is 32.7 Å². The van der Waals surface area contributed by atoms with Gasteiger partial charge in [0.1, 0.15) is 0 Å². The van der Waals surface area contributed by atoms with Crippen LogP contribution in [0.4, 0.5) is 5.69 Å². The fraction of sp³-hybridized carbons (Fsp3) is 0.462. The number of hydrogen-bond donors (Lipinski definition) is 2. The summed E-state index contributed by atoms with van der Waals surface area (Å²) in [6.07, 6.45) is 2.40. The van der Waals surface area contributed by atoms with Gasteiger partial charge in [-0.15, -0.1) is 0 Å². The third kappa shape index (κ3) is 2.72. The van der Waals surface area contributed by atoms with E-state index in [1.807, 2.05) is 13.8 Å². The molecular formula is C13H17ClN2O. The summed E-state index contributed by atoms with van der Waals surface area (Å²) in [4.78, 5) is 12.1. The van der Waals surface area contributed by atoms with Crippen molar-refractivity contribution in [3.8, 4) is 0 Å². The predicted molar refractivity (Wildman–Crippen MR) is 70.3 cm³/mol. The second kappa shape index (κ2) is 4.57. The van der Waals surface area contributed by atoms with E-state index in [1.165, 1.54) is 12.8 Å². The van der Waals surface area contributed by atoms with Crippen LogP contribution in [0.1, 0.15) is 35.7 Å². The molecule has 1 unspecified atom stereocenters. The molecular weight excluding hydrogens is 236 g/mol. The largest absolute Gasteiger partial charge is 0.398 e. The Morgan fingerprint density at radius 1 is 1.53 bits per heavy atom. The molecule has 92 valence electrons. The van der Waals surface area contributed by atoms with Gasteiger partial charge < -0.3 is 11.1 Å². The first kappa shape index (κ1) is 12.2. The molecule has 1 aromatic carbocycles. The molecule has 0 radical (unpaired) electrons. The van der Waals surface area contributed by atoms with Gasteiger partial charge in [-0.25, -0.2) is 0 Å². The number of anilines is 1. The third-order valence-electron chi connectivity index (χ3n) is 3.28. The van der Waals surface area contributed by atoms with Gasteiger partial charge in [0, 0.05) is 16.8 Å². The number of benzene rings is 1. The van der Waals surface area contributed by atoms with Crippen molar-refractivity contribution in [2.75, 3.05) is 5.73 Å². The number of rotatable bonds is 3. The van der Waals surface area contributed by atoms with E-state index in [-0.39, 0.29) is 11.9 Å². The van der Waals surface area contributed by atoms with Gasteiger partial charge in [0.15, 0.2) is 0 Å². The fourth-order valence-electron chi connectivity index (χ4n) is 1.94. The van der Waals surface area contributed by atoms with Crippen molar-refractivity contribution in [3.05, 3.63) is 28.3 Å². The van der Waals surface area contributed by atoms with Gasteiger partial charge in [0.2, 0.25) is 0 Å². The van der Waals surface area contributed by atoms with Crippen molar-refractivity contribution >= 4 is 23.2 Å². The normalized spacial score (nSPS) is 16.6. The second-order valence-corrected chi connectivity index (χ2v) is 5.22. The Morgan fingerprint density at radius 3 is 2.76 bits per heavy atom. The fourth-order valence-corrected chi connectivity index (χ4v) is 2.21. The van der Waals surface area contributed by atoms with Crippen molar-refractivity contribution in [1.29, 1.82) is 0 Å². The van der Waals surface area contributed by atoms with E-state index < -0.39 is 0 Å². The topological polar surface area (TPSA) is 55.1 Å². The van der Waals surface area contributed by atoms with E-state index in [1.54, 1.807) is 12.1 Å². The third-order valence-corrected chi connectivity index (χ3v) is 3.50. The highest BCUT2D eigenvalue weighted by molar-refractivity contribution is 6.31. The van der Waals surface area contributed by atoms with Gasteiger partial charge in [-0.2, -0.15) is 0 Å². The maximum absolute atomic E-state index is 12.1. The van der Waals surface area contributed by atoms with Gasteiger partial charge in [0.25, 0.3) is 5.91 Å². The van der Waals surface area contributed by atoms with Crippen LogP contribution < -0.4 is 11.1 Å². The molecule has 0 heterocycles. The zero-order valence-electron chi connectivity index (χ0n) is 10.1. The molecule has 0 saturated heterocycles. The lowest BCUT2D eigenvalue weighted by Gasteiger charge is -2.15. The highest BCUT2D eigenvalue weighted by Crippen LogP contribution is 2.32. The van der Waals surface area contributed by atoms with Crippen LogP contribution in [-0.4, -0.2) is 11.9 Å². The summed E-state index contributed by atoms with van der Waals surface area (Å²) >= 11 is 5.94. The summed E-state index contributed by atoms with van der Waals surface area (Å²) in [6.45, 7) is 3.88. The number of nitrogen functional groups attached to an aromatic ring is 1. The lowest BCUT2D eigenvalue weighted by Crippen LogP contribution is -2.34. The lowest BCUT2D eigenvalue weighted by atomic mass is 10.1. The van der Waals surface area contributed by atoms with Crippen molar-refractivity contribution < 1.29 is 4.79 Å². The van der Waals surface area contributed by atoms with E-state index in [0.29, 0.717) is 22.2 Å².